The molecule has 0 amide bonds. The number of nitrogens with zero attached hydrogens (tertiary/aromatic N) is 1. The minimum absolute atomic E-state index is 0.623. The van der Waals surface area contributed by atoms with Gasteiger partial charge in [-0.2, -0.15) is 0 Å². The fraction of sp³-hybridized carbons (Fsp3) is 1.00. The first-order chi connectivity index (χ1) is 4.63. The maximum atomic E-state index is 8.68. The average molecular weight is 146 g/mol. The largest absolute Gasteiger partial charge is 0.379 e. The van der Waals surface area contributed by atoms with Gasteiger partial charge in [-0.15, -0.1) is 0 Å². The van der Waals surface area contributed by atoms with Gasteiger partial charge in [-0.1, -0.05) is 0 Å². The molecule has 0 aromatic heterocycles. The number of aliphatic hydroxyl groups is 1. The molecule has 1 atom stereocenters. The first kappa shape index (κ1) is 9.88. The van der Waals surface area contributed by atoms with Crippen molar-refractivity contribution < 1.29 is 5.11 Å². The lowest BCUT2D eigenvalue weighted by Gasteiger charge is -2.09. The molecule has 0 fully saturated rings. The zero-order chi connectivity index (χ0) is 7.98. The molecule has 0 saturated heterocycles. The Morgan fingerprint density at radius 3 is 2.40 bits per heavy atom. The van der Waals surface area contributed by atoms with Crippen molar-refractivity contribution in [3.05, 3.63) is 0 Å². The van der Waals surface area contributed by atoms with Crippen molar-refractivity contribution in [3.63, 3.8) is 0 Å². The minimum Gasteiger partial charge on any atom is -0.379 e. The van der Waals surface area contributed by atoms with Crippen LogP contribution in [-0.2, 0) is 0 Å². The van der Waals surface area contributed by atoms with Crippen molar-refractivity contribution >= 4 is 0 Å². The van der Waals surface area contributed by atoms with Gasteiger partial charge in [0.15, 0.2) is 0 Å². The molecule has 3 heteroatoms. The first-order valence-corrected chi connectivity index (χ1v) is 3.71. The first-order valence-electron chi connectivity index (χ1n) is 3.71. The highest BCUT2D eigenvalue weighted by atomic mass is 16.3. The van der Waals surface area contributed by atoms with Crippen LogP contribution in [0.3, 0.4) is 0 Å². The smallest absolute Gasteiger partial charge is 0.102 e. The van der Waals surface area contributed by atoms with Gasteiger partial charge in [0.05, 0.1) is 0 Å². The molecule has 0 aliphatic heterocycles. The van der Waals surface area contributed by atoms with Gasteiger partial charge in [0.2, 0.25) is 0 Å². The van der Waals surface area contributed by atoms with Crippen LogP contribution in [-0.4, -0.2) is 36.9 Å². The van der Waals surface area contributed by atoms with Gasteiger partial charge in [0.1, 0.15) is 6.23 Å². The Bertz CT molecular complexity index is 64.0. The Morgan fingerprint density at radius 2 is 2.00 bits per heavy atom. The monoisotopic (exact) mass is 146 g/mol. The molecular formula is C7H18N2O. The Morgan fingerprint density at radius 1 is 1.40 bits per heavy atom. The summed E-state index contributed by atoms with van der Waals surface area (Å²) in [6, 6.07) is 0. The molecule has 0 radical (unpaired) electrons. The number of nitrogens with two attached hydrogens (primary N) is 1. The molecule has 0 rings (SSSR count). The highest BCUT2D eigenvalue weighted by Gasteiger charge is 1.95. The van der Waals surface area contributed by atoms with Crippen molar-refractivity contribution in [1.29, 1.82) is 0 Å². The van der Waals surface area contributed by atoms with Crippen LogP contribution < -0.4 is 5.73 Å². The quantitative estimate of drug-likeness (QED) is 0.424. The number of hydrogen-bond acceptors (Lipinski definition) is 3. The molecule has 0 aliphatic rings. The molecule has 10 heavy (non-hydrogen) atoms. The van der Waals surface area contributed by atoms with E-state index < -0.39 is 6.23 Å². The van der Waals surface area contributed by atoms with Crippen LogP contribution in [0.5, 0.6) is 0 Å². The van der Waals surface area contributed by atoms with Crippen LogP contribution in [0.1, 0.15) is 19.3 Å². The standard InChI is InChI=1S/C7H18N2O/c1-9(2)6-4-3-5-7(8)10/h7,10H,3-6,8H2,1-2H3. The van der Waals surface area contributed by atoms with Crippen LogP contribution in [0.15, 0.2) is 0 Å². The number of aliphatic hydroxyl groups excluding tert-OH is 1. The Kier molecular flexibility index (Phi) is 5.58. The summed E-state index contributed by atoms with van der Waals surface area (Å²) in [5.41, 5.74) is 5.15. The van der Waals surface area contributed by atoms with Crippen molar-refractivity contribution in [1.82, 2.24) is 4.90 Å². The highest BCUT2D eigenvalue weighted by molar-refractivity contribution is 4.48. The second-order valence-electron chi connectivity index (χ2n) is 2.87. The maximum Gasteiger partial charge on any atom is 0.102 e. The summed E-state index contributed by atoms with van der Waals surface area (Å²) in [6.45, 7) is 1.08. The van der Waals surface area contributed by atoms with Gasteiger partial charge in [0, 0.05) is 0 Å². The summed E-state index contributed by atoms with van der Waals surface area (Å²) >= 11 is 0. The van der Waals surface area contributed by atoms with Gasteiger partial charge >= 0.3 is 0 Å². The molecule has 0 spiro atoms. The molecular weight excluding hydrogens is 128 g/mol. The van der Waals surface area contributed by atoms with Crippen molar-refractivity contribution in [2.75, 3.05) is 20.6 Å². The Labute approximate surface area is 62.8 Å². The summed E-state index contributed by atoms with van der Waals surface area (Å²) in [6.07, 6.45) is 2.22. The lowest BCUT2D eigenvalue weighted by molar-refractivity contribution is 0.167. The molecule has 0 aromatic rings. The van der Waals surface area contributed by atoms with Crippen molar-refractivity contribution in [2.45, 2.75) is 25.5 Å². The predicted molar refractivity (Wildman–Crippen MR) is 42.6 cm³/mol. The van der Waals surface area contributed by atoms with E-state index in [1.54, 1.807) is 0 Å². The van der Waals surface area contributed by atoms with E-state index in [1.807, 2.05) is 14.1 Å². The molecule has 3 N–H and O–H groups in total. The Hall–Kier alpha value is -0.120. The number of hydrogen-bond donors (Lipinski definition) is 2. The van der Waals surface area contributed by atoms with Gasteiger partial charge in [-0.3, -0.25) is 0 Å². The molecule has 62 valence electrons. The summed E-state index contributed by atoms with van der Waals surface area (Å²) in [7, 11) is 4.08. The number of unbranched alkanes of at least 4 members (excludes halogenated alkanes) is 1. The van der Waals surface area contributed by atoms with E-state index in [0.29, 0.717) is 6.42 Å². The molecule has 0 heterocycles. The van der Waals surface area contributed by atoms with Gasteiger partial charge in [-0.25, -0.2) is 0 Å². The van der Waals surface area contributed by atoms with E-state index in [0.717, 1.165) is 19.4 Å². The fourth-order valence-corrected chi connectivity index (χ4v) is 0.782. The molecule has 3 nitrogen and oxygen atoms in total. The fourth-order valence-electron chi connectivity index (χ4n) is 0.782. The van der Waals surface area contributed by atoms with Gasteiger partial charge in [0.25, 0.3) is 0 Å². The zero-order valence-electron chi connectivity index (χ0n) is 6.88. The molecule has 0 aliphatic carbocycles. The molecule has 0 aromatic carbocycles. The third kappa shape index (κ3) is 7.88. The zero-order valence-corrected chi connectivity index (χ0v) is 6.88. The van der Waals surface area contributed by atoms with E-state index in [1.165, 1.54) is 0 Å². The van der Waals surface area contributed by atoms with Crippen LogP contribution in [0.25, 0.3) is 0 Å². The third-order valence-corrected chi connectivity index (χ3v) is 1.36. The van der Waals surface area contributed by atoms with Crippen LogP contribution in [0.2, 0.25) is 0 Å². The molecule has 0 bridgehead atoms. The summed E-state index contributed by atoms with van der Waals surface area (Å²) < 4.78 is 0. The van der Waals surface area contributed by atoms with E-state index in [4.69, 9.17) is 10.8 Å². The van der Waals surface area contributed by atoms with E-state index in [2.05, 4.69) is 4.90 Å². The number of rotatable bonds is 5. The van der Waals surface area contributed by atoms with Gasteiger partial charge < -0.3 is 15.7 Å². The van der Waals surface area contributed by atoms with E-state index in [9.17, 15) is 0 Å². The van der Waals surface area contributed by atoms with Crippen LogP contribution >= 0.6 is 0 Å². The van der Waals surface area contributed by atoms with E-state index >= 15 is 0 Å². The second-order valence-corrected chi connectivity index (χ2v) is 2.87. The Balaban J connectivity index is 2.91. The van der Waals surface area contributed by atoms with E-state index in [-0.39, 0.29) is 0 Å². The lowest BCUT2D eigenvalue weighted by Crippen LogP contribution is -2.19. The normalized spacial score (nSPS) is 14.1. The lowest BCUT2D eigenvalue weighted by atomic mass is 10.2. The van der Waals surface area contributed by atoms with Crippen LogP contribution in [0.4, 0.5) is 0 Å². The minimum atomic E-state index is -0.623. The van der Waals surface area contributed by atoms with Gasteiger partial charge in [-0.05, 0) is 39.9 Å². The predicted octanol–water partition coefficient (Wildman–Crippen LogP) is -0.00460. The summed E-state index contributed by atoms with van der Waals surface area (Å²) in [5.74, 6) is 0. The summed E-state index contributed by atoms with van der Waals surface area (Å²) in [5, 5.41) is 8.68. The molecule has 0 saturated carbocycles. The SMILES string of the molecule is CN(C)CCCCC(N)O. The molecule has 1 unspecified atom stereocenters. The van der Waals surface area contributed by atoms with Crippen LogP contribution in [0, 0.1) is 0 Å². The average Bonchev–Trinajstić information content (AvgIpc) is 1.79. The second kappa shape index (κ2) is 5.65. The maximum absolute atomic E-state index is 8.68. The topological polar surface area (TPSA) is 49.5 Å². The summed E-state index contributed by atoms with van der Waals surface area (Å²) in [4.78, 5) is 2.13. The van der Waals surface area contributed by atoms with Crippen molar-refractivity contribution in [3.8, 4) is 0 Å². The highest BCUT2D eigenvalue weighted by Crippen LogP contribution is 1.96. The third-order valence-electron chi connectivity index (χ3n) is 1.36. The van der Waals surface area contributed by atoms with Crippen molar-refractivity contribution in [2.24, 2.45) is 5.73 Å².